The first kappa shape index (κ1) is 15.0. The van der Waals surface area contributed by atoms with Crippen molar-refractivity contribution in [2.45, 2.75) is 13.0 Å². The molecule has 2 aromatic rings. The van der Waals surface area contributed by atoms with Gasteiger partial charge < -0.3 is 10.6 Å². The molecule has 0 saturated carbocycles. The number of hydrogen-bond donors (Lipinski definition) is 2. The lowest BCUT2D eigenvalue weighted by Gasteiger charge is -2.12. The van der Waals surface area contributed by atoms with Gasteiger partial charge in [-0.1, -0.05) is 17.7 Å². The van der Waals surface area contributed by atoms with E-state index in [0.717, 1.165) is 18.5 Å². The summed E-state index contributed by atoms with van der Waals surface area (Å²) in [6.45, 7) is 1.92. The number of hydrogen-bond acceptors (Lipinski definition) is 3. The highest BCUT2D eigenvalue weighted by Crippen LogP contribution is 2.18. The largest absolute Gasteiger partial charge is 0.316 e. The quantitative estimate of drug-likeness (QED) is 0.908. The zero-order chi connectivity index (χ0) is 15.5. The van der Waals surface area contributed by atoms with Crippen LogP contribution in [0.15, 0.2) is 30.5 Å². The first-order valence-electron chi connectivity index (χ1n) is 7.11. The summed E-state index contributed by atoms with van der Waals surface area (Å²) < 4.78 is 15.1. The van der Waals surface area contributed by atoms with Gasteiger partial charge in [0.1, 0.15) is 11.6 Å². The number of carbonyl (C=O) groups excluding carboxylic acids is 1. The highest BCUT2D eigenvalue weighted by Gasteiger charge is 2.23. The van der Waals surface area contributed by atoms with Gasteiger partial charge in [0.2, 0.25) is 5.91 Å². The average molecular weight is 323 g/mol. The topological polar surface area (TPSA) is 59.0 Å². The number of aromatic nitrogens is 2. The number of nitrogens with one attached hydrogen (secondary N) is 2. The fourth-order valence-corrected chi connectivity index (χ4v) is 2.60. The van der Waals surface area contributed by atoms with E-state index >= 15 is 0 Å². The predicted molar refractivity (Wildman–Crippen MR) is 82.3 cm³/mol. The number of amides is 1. The van der Waals surface area contributed by atoms with E-state index < -0.39 is 5.82 Å². The standard InChI is InChI=1S/C15H16ClFN4O/c16-12-2-1-10(7-13(12)17)9-21-14(4-6-19-21)20-15(22)11-3-5-18-8-11/h1-2,4,6-7,11,18H,3,5,8-9H2,(H,20,22). The van der Waals surface area contributed by atoms with Gasteiger partial charge in [-0.2, -0.15) is 5.10 Å². The third-order valence-corrected chi connectivity index (χ3v) is 4.02. The van der Waals surface area contributed by atoms with Crippen molar-refractivity contribution < 1.29 is 9.18 Å². The molecule has 7 heteroatoms. The minimum atomic E-state index is -0.464. The van der Waals surface area contributed by atoms with Crippen molar-refractivity contribution in [1.29, 1.82) is 0 Å². The summed E-state index contributed by atoms with van der Waals surface area (Å²) in [5.74, 6) is 0.103. The van der Waals surface area contributed by atoms with E-state index in [1.165, 1.54) is 12.1 Å². The maximum absolute atomic E-state index is 13.5. The lowest BCUT2D eigenvalue weighted by Crippen LogP contribution is -2.26. The Labute approximate surface area is 132 Å². The van der Waals surface area contributed by atoms with Crippen molar-refractivity contribution in [3.63, 3.8) is 0 Å². The molecule has 1 fully saturated rings. The van der Waals surface area contributed by atoms with Crippen LogP contribution >= 0.6 is 11.6 Å². The Balaban J connectivity index is 1.71. The van der Waals surface area contributed by atoms with Crippen molar-refractivity contribution in [3.8, 4) is 0 Å². The maximum Gasteiger partial charge on any atom is 0.229 e. The summed E-state index contributed by atoms with van der Waals surface area (Å²) in [4.78, 5) is 12.1. The normalized spacial score (nSPS) is 17.6. The first-order valence-corrected chi connectivity index (χ1v) is 7.48. The van der Waals surface area contributed by atoms with E-state index in [4.69, 9.17) is 11.6 Å². The molecule has 116 valence electrons. The summed E-state index contributed by atoms with van der Waals surface area (Å²) in [5.41, 5.74) is 0.726. The van der Waals surface area contributed by atoms with E-state index in [0.29, 0.717) is 18.9 Å². The number of benzene rings is 1. The Hall–Kier alpha value is -1.92. The molecule has 0 bridgehead atoms. The first-order chi connectivity index (χ1) is 10.6. The number of anilines is 1. The smallest absolute Gasteiger partial charge is 0.229 e. The molecular formula is C15H16ClFN4O. The minimum absolute atomic E-state index is 0.0173. The Morgan fingerprint density at radius 1 is 1.50 bits per heavy atom. The Morgan fingerprint density at radius 3 is 3.09 bits per heavy atom. The molecule has 2 heterocycles. The van der Waals surface area contributed by atoms with Gasteiger partial charge in [0, 0.05) is 12.6 Å². The molecular weight excluding hydrogens is 307 g/mol. The second-order valence-corrected chi connectivity index (χ2v) is 5.71. The van der Waals surface area contributed by atoms with Gasteiger partial charge >= 0.3 is 0 Å². The Bertz CT molecular complexity index is 682. The predicted octanol–water partition coefficient (Wildman–Crippen LogP) is 2.27. The zero-order valence-electron chi connectivity index (χ0n) is 11.9. The second kappa shape index (κ2) is 6.46. The molecule has 0 radical (unpaired) electrons. The van der Waals surface area contributed by atoms with Crippen LogP contribution in [0.4, 0.5) is 10.2 Å². The zero-order valence-corrected chi connectivity index (χ0v) is 12.6. The van der Waals surface area contributed by atoms with Gasteiger partial charge in [-0.05, 0) is 30.7 Å². The summed E-state index contributed by atoms with van der Waals surface area (Å²) in [5, 5.41) is 10.3. The van der Waals surface area contributed by atoms with E-state index in [9.17, 15) is 9.18 Å². The van der Waals surface area contributed by atoms with Gasteiger partial charge in [0.05, 0.1) is 23.7 Å². The molecule has 0 spiro atoms. The van der Waals surface area contributed by atoms with Crippen LogP contribution in [0.1, 0.15) is 12.0 Å². The maximum atomic E-state index is 13.5. The molecule has 5 nitrogen and oxygen atoms in total. The molecule has 22 heavy (non-hydrogen) atoms. The lowest BCUT2D eigenvalue weighted by atomic mass is 10.1. The van der Waals surface area contributed by atoms with Crippen LogP contribution < -0.4 is 10.6 Å². The molecule has 1 aliphatic heterocycles. The van der Waals surface area contributed by atoms with Crippen molar-refractivity contribution >= 4 is 23.3 Å². The van der Waals surface area contributed by atoms with Crippen LogP contribution in [0.3, 0.4) is 0 Å². The van der Waals surface area contributed by atoms with Crippen LogP contribution in [-0.4, -0.2) is 28.8 Å². The number of halogens is 2. The SMILES string of the molecule is O=C(Nc1ccnn1Cc1ccc(Cl)c(F)c1)C1CCNC1. The van der Waals surface area contributed by atoms with Crippen molar-refractivity contribution in [3.05, 3.63) is 46.9 Å². The summed E-state index contributed by atoms with van der Waals surface area (Å²) in [6, 6.07) is 6.35. The van der Waals surface area contributed by atoms with Gasteiger partial charge in [0.15, 0.2) is 0 Å². The third-order valence-electron chi connectivity index (χ3n) is 3.72. The monoisotopic (exact) mass is 322 g/mol. The fraction of sp³-hybridized carbons (Fsp3) is 0.333. The fourth-order valence-electron chi connectivity index (χ4n) is 2.48. The molecule has 1 aromatic heterocycles. The summed E-state index contributed by atoms with van der Waals surface area (Å²) in [7, 11) is 0. The number of carbonyl (C=O) groups is 1. The summed E-state index contributed by atoms with van der Waals surface area (Å²) >= 11 is 5.67. The molecule has 1 atom stereocenters. The number of nitrogens with zero attached hydrogens (tertiary/aromatic N) is 2. The van der Waals surface area contributed by atoms with E-state index in [2.05, 4.69) is 15.7 Å². The molecule has 1 aliphatic rings. The number of rotatable bonds is 4. The van der Waals surface area contributed by atoms with Gasteiger partial charge in [-0.15, -0.1) is 0 Å². The highest BCUT2D eigenvalue weighted by molar-refractivity contribution is 6.30. The van der Waals surface area contributed by atoms with Gasteiger partial charge in [-0.3, -0.25) is 4.79 Å². The lowest BCUT2D eigenvalue weighted by molar-refractivity contribution is -0.119. The van der Waals surface area contributed by atoms with Crippen LogP contribution in [0.25, 0.3) is 0 Å². The Morgan fingerprint density at radius 2 is 2.36 bits per heavy atom. The molecule has 2 N–H and O–H groups in total. The molecule has 0 aliphatic carbocycles. The third kappa shape index (κ3) is 3.28. The van der Waals surface area contributed by atoms with E-state index in [-0.39, 0.29) is 16.8 Å². The Kier molecular flexibility index (Phi) is 4.40. The highest BCUT2D eigenvalue weighted by atomic mass is 35.5. The van der Waals surface area contributed by atoms with E-state index in [1.54, 1.807) is 23.0 Å². The van der Waals surface area contributed by atoms with Crippen molar-refractivity contribution in [2.75, 3.05) is 18.4 Å². The molecule has 1 unspecified atom stereocenters. The van der Waals surface area contributed by atoms with Crippen LogP contribution in [0.5, 0.6) is 0 Å². The molecule has 1 saturated heterocycles. The average Bonchev–Trinajstić information content (AvgIpc) is 3.15. The van der Waals surface area contributed by atoms with Crippen molar-refractivity contribution in [2.24, 2.45) is 5.92 Å². The van der Waals surface area contributed by atoms with Gasteiger partial charge in [0.25, 0.3) is 0 Å². The summed E-state index contributed by atoms with van der Waals surface area (Å²) in [6.07, 6.45) is 2.44. The van der Waals surface area contributed by atoms with Crippen LogP contribution in [0.2, 0.25) is 5.02 Å². The van der Waals surface area contributed by atoms with Crippen molar-refractivity contribution in [1.82, 2.24) is 15.1 Å². The minimum Gasteiger partial charge on any atom is -0.316 e. The van der Waals surface area contributed by atoms with Crippen LogP contribution in [0, 0.1) is 11.7 Å². The van der Waals surface area contributed by atoms with Crippen LogP contribution in [-0.2, 0) is 11.3 Å². The van der Waals surface area contributed by atoms with E-state index in [1.807, 2.05) is 0 Å². The molecule has 1 aromatic carbocycles. The van der Waals surface area contributed by atoms with Gasteiger partial charge in [-0.25, -0.2) is 9.07 Å². The molecule has 3 rings (SSSR count). The second-order valence-electron chi connectivity index (χ2n) is 5.30. The molecule has 1 amide bonds.